The van der Waals surface area contributed by atoms with Crippen LogP contribution in [0.25, 0.3) is 0 Å². The number of rotatable bonds is 47. The first-order valence-corrected chi connectivity index (χ1v) is 25.6. The molecule has 0 saturated carbocycles. The fourth-order valence-electron chi connectivity index (χ4n) is 7.74. The highest BCUT2D eigenvalue weighted by Gasteiger charge is 2.20. The lowest BCUT2D eigenvalue weighted by Crippen LogP contribution is -2.45. The Morgan fingerprint density at radius 1 is 0.466 bits per heavy atom. The van der Waals surface area contributed by atoms with E-state index < -0.39 is 12.1 Å². The van der Waals surface area contributed by atoms with E-state index in [-0.39, 0.29) is 18.5 Å². The molecule has 342 valence electrons. The Bertz CT molecular complexity index is 904. The van der Waals surface area contributed by atoms with E-state index in [1.165, 1.54) is 167 Å². The molecule has 6 heteroatoms. The van der Waals surface area contributed by atoms with Crippen molar-refractivity contribution in [3.8, 4) is 0 Å². The van der Waals surface area contributed by atoms with Crippen LogP contribution in [0, 0.1) is 0 Å². The molecule has 0 heterocycles. The van der Waals surface area contributed by atoms with Crippen LogP contribution < -0.4 is 5.32 Å². The molecular formula is C52H99NO5. The first-order chi connectivity index (χ1) is 28.5. The van der Waals surface area contributed by atoms with Crippen molar-refractivity contribution in [2.24, 2.45) is 0 Å². The largest absolute Gasteiger partial charge is 0.466 e. The average molecular weight is 818 g/mol. The summed E-state index contributed by atoms with van der Waals surface area (Å²) in [6.45, 7) is 4.89. The van der Waals surface area contributed by atoms with Crippen LogP contribution in [0.2, 0.25) is 0 Å². The molecular weight excluding hydrogens is 719 g/mol. The minimum Gasteiger partial charge on any atom is -0.466 e. The van der Waals surface area contributed by atoms with Crippen LogP contribution in [0.1, 0.15) is 271 Å². The molecule has 2 atom stereocenters. The summed E-state index contributed by atoms with van der Waals surface area (Å²) < 4.78 is 5.44. The number of ether oxygens (including phenoxy) is 1. The molecule has 0 saturated heterocycles. The average Bonchev–Trinajstić information content (AvgIpc) is 3.22. The number of aliphatic hydroxyl groups excluding tert-OH is 2. The van der Waals surface area contributed by atoms with Gasteiger partial charge >= 0.3 is 5.97 Å². The summed E-state index contributed by atoms with van der Waals surface area (Å²) in [6.07, 6.45) is 55.7. The number of unbranched alkanes of at least 4 members (excludes halogenated alkanes) is 32. The van der Waals surface area contributed by atoms with Crippen molar-refractivity contribution >= 4 is 11.9 Å². The third-order valence-electron chi connectivity index (χ3n) is 11.7. The maximum absolute atomic E-state index is 12.4. The molecule has 0 bridgehead atoms. The lowest BCUT2D eigenvalue weighted by atomic mass is 10.0. The summed E-state index contributed by atoms with van der Waals surface area (Å²) in [5.74, 6) is -0.0703. The predicted molar refractivity (Wildman–Crippen MR) is 250 cm³/mol. The zero-order valence-corrected chi connectivity index (χ0v) is 38.8. The molecule has 0 fully saturated rings. The van der Waals surface area contributed by atoms with Crippen molar-refractivity contribution < 1.29 is 24.5 Å². The second-order valence-electron chi connectivity index (χ2n) is 17.5. The van der Waals surface area contributed by atoms with Crippen LogP contribution in [-0.2, 0) is 14.3 Å². The van der Waals surface area contributed by atoms with E-state index in [1.807, 2.05) is 0 Å². The number of carbonyl (C=O) groups is 2. The van der Waals surface area contributed by atoms with Gasteiger partial charge in [-0.15, -0.1) is 0 Å². The van der Waals surface area contributed by atoms with E-state index in [9.17, 15) is 19.8 Å². The SMILES string of the molecule is CCCCCCC/C=C\CCCCCCCC(=O)OCCCCCC/C=C\CCCCCCCCCC(=O)NC(CO)C(O)CCCCCCCCCCCCCC. The third-order valence-corrected chi connectivity index (χ3v) is 11.7. The Morgan fingerprint density at radius 3 is 1.22 bits per heavy atom. The van der Waals surface area contributed by atoms with E-state index in [2.05, 4.69) is 43.5 Å². The van der Waals surface area contributed by atoms with E-state index >= 15 is 0 Å². The van der Waals surface area contributed by atoms with Gasteiger partial charge in [0.1, 0.15) is 0 Å². The van der Waals surface area contributed by atoms with Gasteiger partial charge in [0.15, 0.2) is 0 Å². The van der Waals surface area contributed by atoms with Crippen LogP contribution in [0.3, 0.4) is 0 Å². The summed E-state index contributed by atoms with van der Waals surface area (Å²) in [4.78, 5) is 24.4. The van der Waals surface area contributed by atoms with Crippen molar-refractivity contribution in [1.82, 2.24) is 5.32 Å². The number of allylic oxidation sites excluding steroid dienone is 4. The van der Waals surface area contributed by atoms with Gasteiger partial charge in [-0.25, -0.2) is 0 Å². The summed E-state index contributed by atoms with van der Waals surface area (Å²) in [6, 6.07) is -0.551. The van der Waals surface area contributed by atoms with Crippen molar-refractivity contribution in [2.45, 2.75) is 283 Å². The van der Waals surface area contributed by atoms with Gasteiger partial charge < -0.3 is 20.3 Å². The van der Waals surface area contributed by atoms with Gasteiger partial charge in [0, 0.05) is 12.8 Å². The first-order valence-electron chi connectivity index (χ1n) is 25.6. The Hall–Kier alpha value is -1.66. The van der Waals surface area contributed by atoms with Crippen LogP contribution in [-0.4, -0.2) is 47.4 Å². The molecule has 0 radical (unpaired) electrons. The molecule has 1 amide bonds. The monoisotopic (exact) mass is 818 g/mol. The zero-order valence-electron chi connectivity index (χ0n) is 38.8. The molecule has 0 spiro atoms. The van der Waals surface area contributed by atoms with Crippen molar-refractivity contribution in [2.75, 3.05) is 13.2 Å². The summed E-state index contributed by atoms with van der Waals surface area (Å²) in [5.41, 5.74) is 0. The molecule has 0 aromatic carbocycles. The van der Waals surface area contributed by atoms with Gasteiger partial charge in [-0.1, -0.05) is 205 Å². The summed E-state index contributed by atoms with van der Waals surface area (Å²) in [5, 5.41) is 23.1. The number of esters is 1. The number of nitrogens with one attached hydrogen (secondary N) is 1. The van der Waals surface area contributed by atoms with Gasteiger partial charge in [0.05, 0.1) is 25.4 Å². The highest BCUT2D eigenvalue weighted by molar-refractivity contribution is 5.76. The third kappa shape index (κ3) is 43.9. The van der Waals surface area contributed by atoms with Crippen LogP contribution in [0.5, 0.6) is 0 Å². The van der Waals surface area contributed by atoms with E-state index in [0.29, 0.717) is 25.9 Å². The molecule has 6 nitrogen and oxygen atoms in total. The molecule has 0 aliphatic heterocycles. The Labute approximate surface area is 361 Å². The topological polar surface area (TPSA) is 95.9 Å². The maximum atomic E-state index is 12.4. The predicted octanol–water partition coefficient (Wildman–Crippen LogP) is 15.1. The van der Waals surface area contributed by atoms with E-state index in [0.717, 1.165) is 70.6 Å². The maximum Gasteiger partial charge on any atom is 0.305 e. The zero-order chi connectivity index (χ0) is 42.3. The van der Waals surface area contributed by atoms with Crippen LogP contribution >= 0.6 is 0 Å². The van der Waals surface area contributed by atoms with Gasteiger partial charge in [-0.3, -0.25) is 9.59 Å². The van der Waals surface area contributed by atoms with Gasteiger partial charge in [0.2, 0.25) is 5.91 Å². The normalized spacial score (nSPS) is 12.8. The number of hydrogen-bond acceptors (Lipinski definition) is 5. The number of hydrogen-bond donors (Lipinski definition) is 3. The minimum atomic E-state index is -0.673. The van der Waals surface area contributed by atoms with E-state index in [1.54, 1.807) is 0 Å². The second kappa shape index (κ2) is 48.0. The number of carbonyl (C=O) groups excluding carboxylic acids is 2. The molecule has 2 unspecified atom stereocenters. The van der Waals surface area contributed by atoms with Crippen LogP contribution in [0.15, 0.2) is 24.3 Å². The number of amides is 1. The standard InChI is InChI=1S/C52H99NO5/c1-3-5-7-9-11-13-15-17-22-26-30-34-38-42-46-52(57)58-47-43-39-35-31-27-23-20-18-19-21-25-29-33-37-41-45-51(56)53-49(48-54)50(55)44-40-36-32-28-24-16-14-12-10-8-6-4-2/h15,17,20,23,49-50,54-55H,3-14,16,18-19,21-22,24-48H2,1-2H3,(H,53,56)/b17-15-,23-20-. The fourth-order valence-corrected chi connectivity index (χ4v) is 7.74. The highest BCUT2D eigenvalue weighted by atomic mass is 16.5. The van der Waals surface area contributed by atoms with Crippen LogP contribution in [0.4, 0.5) is 0 Å². The van der Waals surface area contributed by atoms with Crippen molar-refractivity contribution in [3.05, 3.63) is 24.3 Å². The lowest BCUT2D eigenvalue weighted by Gasteiger charge is -2.22. The van der Waals surface area contributed by atoms with E-state index in [4.69, 9.17) is 4.74 Å². The second-order valence-corrected chi connectivity index (χ2v) is 17.5. The smallest absolute Gasteiger partial charge is 0.305 e. The molecule has 3 N–H and O–H groups in total. The first kappa shape index (κ1) is 56.3. The quantitative estimate of drug-likeness (QED) is 0.0323. The fraction of sp³-hybridized carbons (Fsp3) is 0.885. The van der Waals surface area contributed by atoms with Gasteiger partial charge in [-0.05, 0) is 77.0 Å². The summed E-state index contributed by atoms with van der Waals surface area (Å²) >= 11 is 0. The Morgan fingerprint density at radius 2 is 0.810 bits per heavy atom. The van der Waals surface area contributed by atoms with Crippen molar-refractivity contribution in [3.63, 3.8) is 0 Å². The molecule has 0 rings (SSSR count). The Kier molecular flexibility index (Phi) is 46.6. The molecule has 0 aliphatic rings. The molecule has 0 aromatic rings. The lowest BCUT2D eigenvalue weighted by molar-refractivity contribution is -0.143. The molecule has 0 aromatic heterocycles. The summed E-state index contributed by atoms with van der Waals surface area (Å²) in [7, 11) is 0. The molecule has 0 aliphatic carbocycles. The Balaban J connectivity index is 3.48. The minimum absolute atomic E-state index is 0.0189. The molecule has 58 heavy (non-hydrogen) atoms. The van der Waals surface area contributed by atoms with Gasteiger partial charge in [0.25, 0.3) is 0 Å². The van der Waals surface area contributed by atoms with Gasteiger partial charge in [-0.2, -0.15) is 0 Å². The highest BCUT2D eigenvalue weighted by Crippen LogP contribution is 2.16. The number of aliphatic hydroxyl groups is 2. The van der Waals surface area contributed by atoms with Crippen molar-refractivity contribution in [1.29, 1.82) is 0 Å².